The minimum Gasteiger partial charge on any atom is -0.381 e. The second kappa shape index (κ2) is 10.4. The highest BCUT2D eigenvalue weighted by Crippen LogP contribution is 2.13. The number of hydrogen-bond donors (Lipinski definition) is 2. The van der Waals surface area contributed by atoms with Crippen LogP contribution in [0.3, 0.4) is 0 Å². The van der Waals surface area contributed by atoms with E-state index < -0.39 is 4.92 Å². The van der Waals surface area contributed by atoms with E-state index in [4.69, 9.17) is 4.74 Å². The molecule has 0 bridgehead atoms. The zero-order chi connectivity index (χ0) is 19.6. The minimum absolute atomic E-state index is 0.0910. The number of hydrogen-bond acceptors (Lipinski definition) is 4. The third-order valence-corrected chi connectivity index (χ3v) is 4.70. The van der Waals surface area contributed by atoms with E-state index >= 15 is 0 Å². The van der Waals surface area contributed by atoms with Crippen molar-refractivity contribution in [1.29, 1.82) is 0 Å². The fraction of sp³-hybridized carbons (Fsp3) is 0.381. The number of benzene rings is 2. The number of nitro groups is 1. The molecule has 2 aromatic carbocycles. The number of nitrogens with one attached hydrogen (secondary N) is 2. The summed E-state index contributed by atoms with van der Waals surface area (Å²) in [5.74, 6) is 1.25. The van der Waals surface area contributed by atoms with Gasteiger partial charge < -0.3 is 15.4 Å². The van der Waals surface area contributed by atoms with Gasteiger partial charge >= 0.3 is 0 Å². The summed E-state index contributed by atoms with van der Waals surface area (Å²) >= 11 is 0. The number of non-ortho nitro benzene ring substituents is 1. The molecule has 2 N–H and O–H groups in total. The zero-order valence-electron chi connectivity index (χ0n) is 15.8. The van der Waals surface area contributed by atoms with Gasteiger partial charge in [-0.25, -0.2) is 4.99 Å². The molecule has 0 radical (unpaired) electrons. The Bertz CT molecular complexity index is 772. The SMILES string of the molecule is O=[N+]([O-])c1ccc(CN=C(NCCc2ccccc2)NCC2CCOC2)cc1. The lowest BCUT2D eigenvalue weighted by Crippen LogP contribution is -2.41. The van der Waals surface area contributed by atoms with Crippen molar-refractivity contribution >= 4 is 11.6 Å². The van der Waals surface area contributed by atoms with Crippen molar-refractivity contribution in [1.82, 2.24) is 10.6 Å². The van der Waals surface area contributed by atoms with Crippen molar-refractivity contribution in [3.8, 4) is 0 Å². The van der Waals surface area contributed by atoms with Crippen LogP contribution in [0, 0.1) is 16.0 Å². The first-order chi connectivity index (χ1) is 13.7. The van der Waals surface area contributed by atoms with Crippen LogP contribution < -0.4 is 10.6 Å². The Morgan fingerprint density at radius 2 is 1.89 bits per heavy atom. The molecule has 1 fully saturated rings. The summed E-state index contributed by atoms with van der Waals surface area (Å²) < 4.78 is 5.43. The maximum atomic E-state index is 10.8. The van der Waals surface area contributed by atoms with E-state index in [0.29, 0.717) is 12.5 Å². The molecule has 0 spiro atoms. The van der Waals surface area contributed by atoms with E-state index in [9.17, 15) is 10.1 Å². The second-order valence-corrected chi connectivity index (χ2v) is 6.86. The normalized spacial score (nSPS) is 16.7. The summed E-state index contributed by atoms with van der Waals surface area (Å²) in [4.78, 5) is 15.0. The Balaban J connectivity index is 1.56. The van der Waals surface area contributed by atoms with Crippen LogP contribution in [0.15, 0.2) is 59.6 Å². The number of rotatable bonds is 8. The van der Waals surface area contributed by atoms with Crippen LogP contribution in [0.2, 0.25) is 0 Å². The molecule has 0 aromatic heterocycles. The topological polar surface area (TPSA) is 88.8 Å². The molecule has 148 valence electrons. The first-order valence-electron chi connectivity index (χ1n) is 9.58. The van der Waals surface area contributed by atoms with Crippen molar-refractivity contribution < 1.29 is 9.66 Å². The van der Waals surface area contributed by atoms with Gasteiger partial charge in [0, 0.05) is 37.7 Å². The van der Waals surface area contributed by atoms with Crippen LogP contribution >= 0.6 is 0 Å². The Hall–Kier alpha value is -2.93. The molecule has 1 unspecified atom stereocenters. The van der Waals surface area contributed by atoms with Gasteiger partial charge in [-0.2, -0.15) is 0 Å². The van der Waals surface area contributed by atoms with Gasteiger partial charge in [0.15, 0.2) is 5.96 Å². The van der Waals surface area contributed by atoms with Crippen molar-refractivity contribution in [3.05, 3.63) is 75.8 Å². The molecule has 3 rings (SSSR count). The average molecular weight is 382 g/mol. The van der Waals surface area contributed by atoms with E-state index in [1.54, 1.807) is 12.1 Å². The molecule has 0 saturated carbocycles. The maximum absolute atomic E-state index is 10.8. The lowest BCUT2D eigenvalue weighted by atomic mass is 10.1. The van der Waals surface area contributed by atoms with E-state index in [1.807, 2.05) is 18.2 Å². The fourth-order valence-corrected chi connectivity index (χ4v) is 3.02. The third kappa shape index (κ3) is 6.35. The van der Waals surface area contributed by atoms with Gasteiger partial charge in [-0.1, -0.05) is 42.5 Å². The zero-order valence-corrected chi connectivity index (χ0v) is 15.8. The van der Waals surface area contributed by atoms with Crippen LogP contribution in [0.4, 0.5) is 5.69 Å². The number of nitro benzene ring substituents is 1. The van der Waals surface area contributed by atoms with Crippen LogP contribution in [-0.4, -0.2) is 37.2 Å². The summed E-state index contributed by atoms with van der Waals surface area (Å²) in [6.45, 7) is 3.66. The van der Waals surface area contributed by atoms with E-state index in [-0.39, 0.29) is 5.69 Å². The largest absolute Gasteiger partial charge is 0.381 e. The van der Waals surface area contributed by atoms with Crippen LogP contribution in [0.1, 0.15) is 17.5 Å². The Labute approximate surface area is 165 Å². The standard InChI is InChI=1S/C21H26N4O3/c26-25(27)20-8-6-18(7-9-20)14-23-21(24-15-19-11-13-28-16-19)22-12-10-17-4-2-1-3-5-17/h1-9,19H,10-16H2,(H2,22,23,24). The Kier molecular flexibility index (Phi) is 7.37. The molecule has 1 heterocycles. The molecule has 0 amide bonds. The predicted octanol–water partition coefficient (Wildman–Crippen LogP) is 2.91. The monoisotopic (exact) mass is 382 g/mol. The highest BCUT2D eigenvalue weighted by atomic mass is 16.6. The smallest absolute Gasteiger partial charge is 0.269 e. The third-order valence-electron chi connectivity index (χ3n) is 4.70. The predicted molar refractivity (Wildman–Crippen MR) is 109 cm³/mol. The molecule has 0 aliphatic carbocycles. The first kappa shape index (κ1) is 19.8. The fourth-order valence-electron chi connectivity index (χ4n) is 3.02. The van der Waals surface area contributed by atoms with Gasteiger partial charge in [-0.3, -0.25) is 10.1 Å². The Morgan fingerprint density at radius 3 is 2.57 bits per heavy atom. The second-order valence-electron chi connectivity index (χ2n) is 6.86. The summed E-state index contributed by atoms with van der Waals surface area (Å²) in [6, 6.07) is 16.8. The highest BCUT2D eigenvalue weighted by molar-refractivity contribution is 5.79. The van der Waals surface area contributed by atoms with Crippen LogP contribution in [0.25, 0.3) is 0 Å². The van der Waals surface area contributed by atoms with Crippen molar-refractivity contribution in [3.63, 3.8) is 0 Å². The quantitative estimate of drug-likeness (QED) is 0.317. The van der Waals surface area contributed by atoms with Crippen molar-refractivity contribution in [2.75, 3.05) is 26.3 Å². The van der Waals surface area contributed by atoms with Crippen LogP contribution in [0.5, 0.6) is 0 Å². The minimum atomic E-state index is -0.394. The van der Waals surface area contributed by atoms with Crippen molar-refractivity contribution in [2.24, 2.45) is 10.9 Å². The summed E-state index contributed by atoms with van der Waals surface area (Å²) in [5.41, 5.74) is 2.29. The van der Waals surface area contributed by atoms with Crippen LogP contribution in [-0.2, 0) is 17.7 Å². The molecule has 1 aliphatic rings. The molecule has 1 saturated heterocycles. The summed E-state index contributed by atoms with van der Waals surface area (Å²) in [6.07, 6.45) is 1.97. The number of guanidine groups is 1. The average Bonchev–Trinajstić information content (AvgIpc) is 3.24. The molecule has 1 aliphatic heterocycles. The van der Waals surface area contributed by atoms with Gasteiger partial charge in [0.2, 0.25) is 0 Å². The van der Waals surface area contributed by atoms with E-state index in [0.717, 1.165) is 50.7 Å². The van der Waals surface area contributed by atoms with Gasteiger partial charge in [0.05, 0.1) is 18.1 Å². The summed E-state index contributed by atoms with van der Waals surface area (Å²) in [5, 5.41) is 17.6. The molecule has 2 aromatic rings. The number of ether oxygens (including phenoxy) is 1. The first-order valence-corrected chi connectivity index (χ1v) is 9.58. The highest BCUT2D eigenvalue weighted by Gasteiger charge is 2.15. The molecule has 7 heteroatoms. The van der Waals surface area contributed by atoms with Gasteiger partial charge in [0.25, 0.3) is 5.69 Å². The van der Waals surface area contributed by atoms with Crippen molar-refractivity contribution in [2.45, 2.75) is 19.4 Å². The summed E-state index contributed by atoms with van der Waals surface area (Å²) in [7, 11) is 0. The molecular formula is C21H26N4O3. The number of nitrogens with zero attached hydrogens (tertiary/aromatic N) is 2. The van der Waals surface area contributed by atoms with E-state index in [2.05, 4.69) is 27.8 Å². The van der Waals surface area contributed by atoms with Gasteiger partial charge in [-0.05, 0) is 24.0 Å². The Morgan fingerprint density at radius 1 is 1.11 bits per heavy atom. The lowest BCUT2D eigenvalue weighted by Gasteiger charge is -2.15. The molecule has 1 atom stereocenters. The molecule has 7 nitrogen and oxygen atoms in total. The molecule has 28 heavy (non-hydrogen) atoms. The maximum Gasteiger partial charge on any atom is 0.269 e. The van der Waals surface area contributed by atoms with Gasteiger partial charge in [-0.15, -0.1) is 0 Å². The lowest BCUT2D eigenvalue weighted by molar-refractivity contribution is -0.384. The van der Waals surface area contributed by atoms with Gasteiger partial charge in [0.1, 0.15) is 0 Å². The van der Waals surface area contributed by atoms with E-state index in [1.165, 1.54) is 17.7 Å². The molecular weight excluding hydrogens is 356 g/mol. The number of aliphatic imine (C=N–C) groups is 1.